The van der Waals surface area contributed by atoms with E-state index in [1.54, 1.807) is 35.3 Å². The standard InChI is InChI=1S/C18H17FN4O2/c1-13(14-2-4-15(19)5-3-14)22-18(24)10-25-17-8-6-16(7-9-17)23-12-20-11-21-23/h2-9,11-13H,10H2,1H3,(H,22,24)/t13-/m1/s1. The third kappa shape index (κ3) is 4.41. The lowest BCUT2D eigenvalue weighted by Crippen LogP contribution is -2.31. The van der Waals surface area contributed by atoms with E-state index < -0.39 is 0 Å². The molecule has 0 aliphatic carbocycles. The van der Waals surface area contributed by atoms with E-state index in [2.05, 4.69) is 15.4 Å². The molecule has 25 heavy (non-hydrogen) atoms. The second kappa shape index (κ2) is 7.57. The van der Waals surface area contributed by atoms with Gasteiger partial charge in [0.15, 0.2) is 6.61 Å². The van der Waals surface area contributed by atoms with Crippen LogP contribution in [0.5, 0.6) is 5.75 Å². The van der Waals surface area contributed by atoms with Crippen molar-refractivity contribution in [2.45, 2.75) is 13.0 Å². The molecule has 3 aromatic rings. The summed E-state index contributed by atoms with van der Waals surface area (Å²) >= 11 is 0. The van der Waals surface area contributed by atoms with Gasteiger partial charge in [-0.05, 0) is 48.9 Å². The Bertz CT molecular complexity index is 817. The first-order valence-corrected chi connectivity index (χ1v) is 7.74. The van der Waals surface area contributed by atoms with Crippen molar-refractivity contribution in [3.63, 3.8) is 0 Å². The summed E-state index contributed by atoms with van der Waals surface area (Å²) in [4.78, 5) is 15.9. The van der Waals surface area contributed by atoms with Crippen LogP contribution in [-0.4, -0.2) is 27.3 Å². The van der Waals surface area contributed by atoms with Crippen molar-refractivity contribution in [3.8, 4) is 11.4 Å². The van der Waals surface area contributed by atoms with Crippen LogP contribution in [0.3, 0.4) is 0 Å². The van der Waals surface area contributed by atoms with Crippen molar-refractivity contribution in [3.05, 3.63) is 72.6 Å². The number of rotatable bonds is 6. The maximum absolute atomic E-state index is 12.9. The minimum Gasteiger partial charge on any atom is -0.484 e. The molecule has 2 aromatic carbocycles. The molecule has 0 radical (unpaired) electrons. The molecule has 0 aliphatic heterocycles. The normalized spacial score (nSPS) is 11.8. The van der Waals surface area contributed by atoms with Crippen LogP contribution < -0.4 is 10.1 Å². The fourth-order valence-electron chi connectivity index (χ4n) is 2.30. The van der Waals surface area contributed by atoms with Crippen LogP contribution in [0.2, 0.25) is 0 Å². The van der Waals surface area contributed by atoms with Crippen LogP contribution in [-0.2, 0) is 4.79 Å². The molecule has 1 heterocycles. The molecule has 7 heteroatoms. The van der Waals surface area contributed by atoms with Gasteiger partial charge in [0.2, 0.25) is 0 Å². The average Bonchev–Trinajstić information content (AvgIpc) is 3.15. The summed E-state index contributed by atoms with van der Waals surface area (Å²) < 4.78 is 20.0. The lowest BCUT2D eigenvalue weighted by atomic mass is 10.1. The van der Waals surface area contributed by atoms with Crippen molar-refractivity contribution < 1.29 is 13.9 Å². The Hall–Kier alpha value is -3.22. The molecule has 0 unspecified atom stereocenters. The molecule has 128 valence electrons. The summed E-state index contributed by atoms with van der Waals surface area (Å²) in [5.74, 6) is 0.0191. The number of carbonyl (C=O) groups is 1. The molecule has 0 saturated heterocycles. The molecule has 1 aromatic heterocycles. The van der Waals surface area contributed by atoms with Gasteiger partial charge < -0.3 is 10.1 Å². The summed E-state index contributed by atoms with van der Waals surface area (Å²) in [7, 11) is 0. The van der Waals surface area contributed by atoms with E-state index in [1.165, 1.54) is 18.5 Å². The maximum Gasteiger partial charge on any atom is 0.258 e. The Labute approximate surface area is 144 Å². The summed E-state index contributed by atoms with van der Waals surface area (Å²) in [5.41, 5.74) is 1.67. The summed E-state index contributed by atoms with van der Waals surface area (Å²) in [5, 5.41) is 6.85. The fourth-order valence-corrected chi connectivity index (χ4v) is 2.30. The molecular formula is C18H17FN4O2. The number of hydrogen-bond acceptors (Lipinski definition) is 4. The Balaban J connectivity index is 1.51. The second-order valence-corrected chi connectivity index (χ2v) is 5.46. The van der Waals surface area contributed by atoms with Crippen LogP contribution in [0.4, 0.5) is 4.39 Å². The molecule has 1 atom stereocenters. The zero-order chi connectivity index (χ0) is 17.6. The monoisotopic (exact) mass is 340 g/mol. The number of ether oxygens (including phenoxy) is 1. The third-order valence-corrected chi connectivity index (χ3v) is 3.64. The molecule has 6 nitrogen and oxygen atoms in total. The number of nitrogens with one attached hydrogen (secondary N) is 1. The highest BCUT2D eigenvalue weighted by molar-refractivity contribution is 5.78. The summed E-state index contributed by atoms with van der Waals surface area (Å²) in [6.45, 7) is 1.73. The summed E-state index contributed by atoms with van der Waals surface area (Å²) in [6, 6.07) is 12.9. The van der Waals surface area contributed by atoms with Gasteiger partial charge in [-0.3, -0.25) is 4.79 Å². The highest BCUT2D eigenvalue weighted by Gasteiger charge is 2.10. The smallest absolute Gasteiger partial charge is 0.258 e. The third-order valence-electron chi connectivity index (χ3n) is 3.64. The number of aromatic nitrogens is 3. The first-order chi connectivity index (χ1) is 12.1. The van der Waals surface area contributed by atoms with Crippen LogP contribution in [0.1, 0.15) is 18.5 Å². The maximum atomic E-state index is 12.9. The number of halogens is 1. The molecule has 0 aliphatic rings. The van der Waals surface area contributed by atoms with Gasteiger partial charge in [0.25, 0.3) is 5.91 Å². The van der Waals surface area contributed by atoms with Crippen LogP contribution in [0.15, 0.2) is 61.2 Å². The lowest BCUT2D eigenvalue weighted by Gasteiger charge is -2.15. The minimum atomic E-state index is -0.306. The molecule has 1 N–H and O–H groups in total. The minimum absolute atomic E-state index is 0.103. The number of amides is 1. The van der Waals surface area contributed by atoms with Gasteiger partial charge in [-0.15, -0.1) is 0 Å². The molecular weight excluding hydrogens is 323 g/mol. The predicted octanol–water partition coefficient (Wildman–Crippen LogP) is 2.66. The van der Waals surface area contributed by atoms with E-state index in [1.807, 2.05) is 19.1 Å². The highest BCUT2D eigenvalue weighted by atomic mass is 19.1. The van der Waals surface area contributed by atoms with Crippen molar-refractivity contribution in [1.82, 2.24) is 20.1 Å². The summed E-state index contributed by atoms with van der Waals surface area (Å²) in [6.07, 6.45) is 3.05. The number of benzene rings is 2. The Morgan fingerprint density at radius 1 is 1.20 bits per heavy atom. The van der Waals surface area contributed by atoms with E-state index >= 15 is 0 Å². The first-order valence-electron chi connectivity index (χ1n) is 7.74. The Morgan fingerprint density at radius 2 is 1.92 bits per heavy atom. The molecule has 0 bridgehead atoms. The number of hydrogen-bond donors (Lipinski definition) is 1. The fraction of sp³-hybridized carbons (Fsp3) is 0.167. The van der Waals surface area contributed by atoms with Crippen molar-refractivity contribution in [2.75, 3.05) is 6.61 Å². The van der Waals surface area contributed by atoms with Gasteiger partial charge in [0, 0.05) is 0 Å². The zero-order valence-corrected chi connectivity index (χ0v) is 13.6. The molecule has 1 amide bonds. The SMILES string of the molecule is C[C@@H](NC(=O)COc1ccc(-n2cncn2)cc1)c1ccc(F)cc1. The number of nitrogens with zero attached hydrogens (tertiary/aromatic N) is 3. The highest BCUT2D eigenvalue weighted by Crippen LogP contribution is 2.15. The second-order valence-electron chi connectivity index (χ2n) is 5.46. The largest absolute Gasteiger partial charge is 0.484 e. The van der Waals surface area contributed by atoms with E-state index in [-0.39, 0.29) is 24.4 Å². The zero-order valence-electron chi connectivity index (χ0n) is 13.6. The van der Waals surface area contributed by atoms with Crippen molar-refractivity contribution in [1.29, 1.82) is 0 Å². The number of carbonyl (C=O) groups excluding carboxylic acids is 1. The van der Waals surface area contributed by atoms with E-state index in [9.17, 15) is 9.18 Å². The molecule has 0 saturated carbocycles. The predicted molar refractivity (Wildman–Crippen MR) is 89.8 cm³/mol. The van der Waals surface area contributed by atoms with Gasteiger partial charge >= 0.3 is 0 Å². The average molecular weight is 340 g/mol. The van der Waals surface area contributed by atoms with E-state index in [4.69, 9.17) is 4.74 Å². The topological polar surface area (TPSA) is 69.0 Å². The molecule has 3 rings (SSSR count). The van der Waals surface area contributed by atoms with Gasteiger partial charge in [-0.25, -0.2) is 14.1 Å². The Kier molecular flexibility index (Phi) is 5.03. The van der Waals surface area contributed by atoms with Crippen molar-refractivity contribution in [2.24, 2.45) is 0 Å². The molecule has 0 fully saturated rings. The molecule has 0 spiro atoms. The quantitative estimate of drug-likeness (QED) is 0.749. The van der Waals surface area contributed by atoms with Crippen molar-refractivity contribution >= 4 is 5.91 Å². The van der Waals surface area contributed by atoms with E-state index in [0.717, 1.165) is 11.3 Å². The Morgan fingerprint density at radius 3 is 2.56 bits per heavy atom. The van der Waals surface area contributed by atoms with Crippen LogP contribution >= 0.6 is 0 Å². The first kappa shape index (κ1) is 16.6. The van der Waals surface area contributed by atoms with Gasteiger partial charge in [-0.2, -0.15) is 5.10 Å². The van der Waals surface area contributed by atoms with Crippen LogP contribution in [0.25, 0.3) is 5.69 Å². The van der Waals surface area contributed by atoms with Crippen LogP contribution in [0, 0.1) is 5.82 Å². The lowest BCUT2D eigenvalue weighted by molar-refractivity contribution is -0.123. The van der Waals surface area contributed by atoms with E-state index in [0.29, 0.717) is 5.75 Å². The van der Waals surface area contributed by atoms with Gasteiger partial charge in [-0.1, -0.05) is 12.1 Å². The van der Waals surface area contributed by atoms with Gasteiger partial charge in [0.05, 0.1) is 11.7 Å². The van der Waals surface area contributed by atoms with Gasteiger partial charge in [0.1, 0.15) is 24.2 Å².